The van der Waals surface area contributed by atoms with E-state index in [0.717, 1.165) is 25.5 Å². The highest BCUT2D eigenvalue weighted by molar-refractivity contribution is 6.27. The van der Waals surface area contributed by atoms with Crippen LogP contribution in [0, 0.1) is 0 Å². The standard InChI is InChI=1S/C6H11ClN4O/c7-4-5(12)10-11-6-8-2-1-3-9-6/h1-4H2,(H,10,12)(H2,8,9,11)/p+1. The number of hydrogen-bond acceptors (Lipinski definition) is 3. The van der Waals surface area contributed by atoms with Gasteiger partial charge in [0.25, 0.3) is 5.91 Å². The van der Waals surface area contributed by atoms with Crippen LogP contribution in [-0.4, -0.2) is 30.8 Å². The highest BCUT2D eigenvalue weighted by Gasteiger charge is 2.10. The fourth-order valence-corrected chi connectivity index (χ4v) is 0.898. The van der Waals surface area contributed by atoms with Gasteiger partial charge in [-0.1, -0.05) is 0 Å². The van der Waals surface area contributed by atoms with Crippen molar-refractivity contribution in [3.8, 4) is 0 Å². The third-order valence-corrected chi connectivity index (χ3v) is 1.65. The number of carbonyl (C=O) groups excluding carboxylic acids is 1. The van der Waals surface area contributed by atoms with Gasteiger partial charge >= 0.3 is 5.96 Å². The van der Waals surface area contributed by atoms with Crippen LogP contribution in [-0.2, 0) is 4.79 Å². The van der Waals surface area contributed by atoms with Crippen molar-refractivity contribution in [2.45, 2.75) is 6.42 Å². The Balaban J connectivity index is 2.21. The van der Waals surface area contributed by atoms with E-state index in [-0.39, 0.29) is 11.8 Å². The molecule has 1 aliphatic rings. The van der Waals surface area contributed by atoms with Crippen molar-refractivity contribution in [1.82, 2.24) is 16.2 Å². The first kappa shape index (κ1) is 9.12. The van der Waals surface area contributed by atoms with Crippen LogP contribution in [0.25, 0.3) is 0 Å². The van der Waals surface area contributed by atoms with Gasteiger partial charge in [0.2, 0.25) is 0 Å². The fourth-order valence-electron chi connectivity index (χ4n) is 0.832. The van der Waals surface area contributed by atoms with Gasteiger partial charge in [-0.25, -0.2) is 5.43 Å². The zero-order valence-electron chi connectivity index (χ0n) is 6.61. The monoisotopic (exact) mass is 191 g/mol. The van der Waals surface area contributed by atoms with Crippen LogP contribution in [0.15, 0.2) is 0 Å². The summed E-state index contributed by atoms with van der Waals surface area (Å²) >= 11 is 5.27. The number of hydrazine groups is 1. The second-order valence-corrected chi connectivity index (χ2v) is 2.66. The predicted molar refractivity (Wildman–Crippen MR) is 45.5 cm³/mol. The lowest BCUT2D eigenvalue weighted by atomic mass is 10.4. The fraction of sp³-hybridized carbons (Fsp3) is 0.667. The van der Waals surface area contributed by atoms with Crippen LogP contribution in [0.5, 0.6) is 0 Å². The number of alkyl halides is 1. The summed E-state index contributed by atoms with van der Waals surface area (Å²) in [6, 6.07) is 0. The molecule has 0 aromatic heterocycles. The topological polar surface area (TPSA) is 67.1 Å². The normalized spacial score (nSPS) is 15.9. The Bertz CT molecular complexity index is 194. The Kier molecular flexibility index (Phi) is 3.66. The Morgan fingerprint density at radius 1 is 1.75 bits per heavy atom. The summed E-state index contributed by atoms with van der Waals surface area (Å²) in [5.41, 5.74) is 5.10. The number of halogens is 1. The minimum Gasteiger partial charge on any atom is -0.276 e. The lowest BCUT2D eigenvalue weighted by Crippen LogP contribution is -2.83. The van der Waals surface area contributed by atoms with Crippen molar-refractivity contribution in [2.24, 2.45) is 0 Å². The molecular formula is C6H12ClN4O+. The molecule has 5 nitrogen and oxygen atoms in total. The number of guanidine groups is 1. The Hall–Kier alpha value is -0.970. The molecule has 0 aromatic carbocycles. The SMILES string of the molecule is O=C(CCl)NNC1=[NH+]CCCN1. The molecule has 0 radical (unpaired) electrons. The molecular weight excluding hydrogens is 180 g/mol. The third kappa shape index (κ3) is 2.96. The molecule has 0 aromatic rings. The molecule has 0 spiro atoms. The molecule has 0 aliphatic carbocycles. The minimum absolute atomic E-state index is 0.0414. The van der Waals surface area contributed by atoms with Gasteiger partial charge < -0.3 is 0 Å². The van der Waals surface area contributed by atoms with E-state index < -0.39 is 0 Å². The maximum atomic E-state index is 10.7. The van der Waals surface area contributed by atoms with Crippen molar-refractivity contribution in [2.75, 3.05) is 19.0 Å². The summed E-state index contributed by atoms with van der Waals surface area (Å²) < 4.78 is 0. The van der Waals surface area contributed by atoms with E-state index in [0.29, 0.717) is 0 Å². The van der Waals surface area contributed by atoms with Crippen LogP contribution in [0.2, 0.25) is 0 Å². The summed E-state index contributed by atoms with van der Waals surface area (Å²) in [5, 5.41) is 3.04. The zero-order chi connectivity index (χ0) is 8.81. The van der Waals surface area contributed by atoms with Crippen molar-refractivity contribution in [1.29, 1.82) is 0 Å². The molecule has 4 N–H and O–H groups in total. The highest BCUT2D eigenvalue weighted by Crippen LogP contribution is 1.72. The van der Waals surface area contributed by atoms with E-state index in [1.807, 2.05) is 0 Å². The van der Waals surface area contributed by atoms with Gasteiger partial charge in [0.05, 0.1) is 13.1 Å². The second kappa shape index (κ2) is 4.82. The van der Waals surface area contributed by atoms with Gasteiger partial charge in [0.1, 0.15) is 5.88 Å². The number of nitrogens with one attached hydrogen (secondary N) is 4. The molecule has 0 unspecified atom stereocenters. The van der Waals surface area contributed by atoms with Crippen molar-refractivity contribution >= 4 is 23.5 Å². The van der Waals surface area contributed by atoms with Crippen LogP contribution in [0.4, 0.5) is 0 Å². The van der Waals surface area contributed by atoms with Crippen LogP contribution in [0.1, 0.15) is 6.42 Å². The molecule has 0 bridgehead atoms. The van der Waals surface area contributed by atoms with Crippen molar-refractivity contribution < 1.29 is 9.79 Å². The minimum atomic E-state index is -0.252. The van der Waals surface area contributed by atoms with Gasteiger partial charge in [-0.3, -0.25) is 15.1 Å². The highest BCUT2D eigenvalue weighted by atomic mass is 35.5. The molecule has 1 amide bonds. The Morgan fingerprint density at radius 3 is 3.17 bits per heavy atom. The van der Waals surface area contributed by atoms with Crippen LogP contribution < -0.4 is 21.2 Å². The first-order valence-corrected chi connectivity index (χ1v) is 4.32. The van der Waals surface area contributed by atoms with Crippen LogP contribution in [0.3, 0.4) is 0 Å². The summed E-state index contributed by atoms with van der Waals surface area (Å²) in [6.07, 6.45) is 1.08. The predicted octanol–water partition coefficient (Wildman–Crippen LogP) is -2.72. The molecule has 6 heteroatoms. The molecule has 0 atom stereocenters. The largest absolute Gasteiger partial charge is 0.365 e. The van der Waals surface area contributed by atoms with Gasteiger partial charge in [0, 0.05) is 6.42 Å². The summed E-state index contributed by atoms with van der Waals surface area (Å²) in [7, 11) is 0. The molecule has 1 aliphatic heterocycles. The second-order valence-electron chi connectivity index (χ2n) is 2.39. The van der Waals surface area contributed by atoms with E-state index in [2.05, 4.69) is 21.2 Å². The summed E-state index contributed by atoms with van der Waals surface area (Å²) in [6.45, 7) is 1.82. The summed E-state index contributed by atoms with van der Waals surface area (Å²) in [5.74, 6) is 0.429. The number of amides is 1. The van der Waals surface area contributed by atoms with Crippen molar-refractivity contribution in [3.05, 3.63) is 0 Å². The first-order valence-electron chi connectivity index (χ1n) is 3.78. The average molecular weight is 192 g/mol. The quantitative estimate of drug-likeness (QED) is 0.269. The van der Waals surface area contributed by atoms with E-state index >= 15 is 0 Å². The Morgan fingerprint density at radius 2 is 2.58 bits per heavy atom. The zero-order valence-corrected chi connectivity index (χ0v) is 7.37. The van der Waals surface area contributed by atoms with Gasteiger partial charge in [-0.05, 0) is 0 Å². The van der Waals surface area contributed by atoms with E-state index in [1.54, 1.807) is 0 Å². The maximum absolute atomic E-state index is 10.7. The lowest BCUT2D eigenvalue weighted by molar-refractivity contribution is -0.467. The van der Waals surface area contributed by atoms with Gasteiger partial charge in [-0.2, -0.15) is 5.43 Å². The molecule has 1 rings (SSSR count). The van der Waals surface area contributed by atoms with Gasteiger partial charge in [0.15, 0.2) is 0 Å². The van der Waals surface area contributed by atoms with Crippen LogP contribution >= 0.6 is 11.6 Å². The Labute approximate surface area is 75.5 Å². The number of rotatable bonds is 1. The molecule has 0 fully saturated rings. The number of hydrogen-bond donors (Lipinski definition) is 4. The molecule has 0 saturated heterocycles. The summed E-state index contributed by atoms with van der Waals surface area (Å²) in [4.78, 5) is 13.7. The number of carbonyl (C=O) groups is 1. The molecule has 68 valence electrons. The molecule has 0 saturated carbocycles. The average Bonchev–Trinajstić information content (AvgIpc) is 2.16. The van der Waals surface area contributed by atoms with Crippen molar-refractivity contribution in [3.63, 3.8) is 0 Å². The van der Waals surface area contributed by atoms with Gasteiger partial charge in [-0.15, -0.1) is 11.6 Å². The molecule has 1 heterocycles. The van der Waals surface area contributed by atoms with E-state index in [9.17, 15) is 4.79 Å². The smallest absolute Gasteiger partial charge is 0.276 e. The van der Waals surface area contributed by atoms with E-state index in [4.69, 9.17) is 11.6 Å². The van der Waals surface area contributed by atoms with E-state index in [1.165, 1.54) is 0 Å². The lowest BCUT2D eigenvalue weighted by Gasteiger charge is -2.09. The molecule has 12 heavy (non-hydrogen) atoms. The third-order valence-electron chi connectivity index (χ3n) is 1.41. The first-order chi connectivity index (χ1) is 5.83. The maximum Gasteiger partial charge on any atom is 0.365 e.